The van der Waals surface area contributed by atoms with Crippen molar-refractivity contribution >= 4 is 11.6 Å². The molecule has 0 radical (unpaired) electrons. The molecule has 1 saturated carbocycles. The van der Waals surface area contributed by atoms with Crippen molar-refractivity contribution in [2.75, 3.05) is 32.2 Å². The number of pyridine rings is 1. The van der Waals surface area contributed by atoms with Gasteiger partial charge in [-0.15, -0.1) is 0 Å². The number of hydrogen-bond donors (Lipinski definition) is 1. The largest absolute Gasteiger partial charge is 0.493 e. The van der Waals surface area contributed by atoms with E-state index in [2.05, 4.69) is 10.3 Å². The minimum Gasteiger partial charge on any atom is -0.493 e. The van der Waals surface area contributed by atoms with Gasteiger partial charge < -0.3 is 19.7 Å². The molecular weight excluding hydrogens is 404 g/mol. The lowest BCUT2D eigenvalue weighted by molar-refractivity contribution is -0.121. The fraction of sp³-hybridized carbons (Fsp3) is 0.478. The number of rotatable bonds is 4. The van der Waals surface area contributed by atoms with Gasteiger partial charge in [-0.25, -0.2) is 8.78 Å². The van der Waals surface area contributed by atoms with Gasteiger partial charge in [0.05, 0.1) is 26.2 Å². The van der Waals surface area contributed by atoms with Crippen molar-refractivity contribution in [2.45, 2.75) is 43.6 Å². The van der Waals surface area contributed by atoms with Crippen LogP contribution in [0.25, 0.3) is 0 Å². The lowest BCUT2D eigenvalue weighted by Gasteiger charge is -2.35. The molecule has 3 aliphatic rings. The van der Waals surface area contributed by atoms with E-state index in [1.54, 1.807) is 6.20 Å². The second kappa shape index (κ2) is 7.44. The van der Waals surface area contributed by atoms with Crippen LogP contribution < -0.4 is 19.7 Å². The summed E-state index contributed by atoms with van der Waals surface area (Å²) in [4.78, 5) is 19.4. The maximum Gasteiger partial charge on any atom is 0.238 e. The zero-order valence-electron chi connectivity index (χ0n) is 17.6. The number of hydrogen-bond acceptors (Lipinski definition) is 5. The number of ether oxygens (including phenoxy) is 2. The Kier molecular flexibility index (Phi) is 4.84. The summed E-state index contributed by atoms with van der Waals surface area (Å²) in [6, 6.07) is 3.20. The molecule has 1 saturated heterocycles. The first-order valence-corrected chi connectivity index (χ1v) is 10.6. The molecule has 1 amide bonds. The molecular formula is C23H25F2N3O3. The van der Waals surface area contributed by atoms with Crippen LogP contribution in [-0.4, -0.2) is 38.2 Å². The summed E-state index contributed by atoms with van der Waals surface area (Å²) >= 11 is 0. The van der Waals surface area contributed by atoms with Crippen LogP contribution in [0.15, 0.2) is 18.3 Å². The van der Waals surface area contributed by atoms with Crippen LogP contribution in [0.2, 0.25) is 0 Å². The molecule has 1 N–H and O–H groups in total. The van der Waals surface area contributed by atoms with Crippen LogP contribution in [0.3, 0.4) is 0 Å². The van der Waals surface area contributed by atoms with Gasteiger partial charge in [0.15, 0.2) is 23.1 Å². The van der Waals surface area contributed by atoms with Crippen molar-refractivity contribution in [3.05, 3.63) is 46.8 Å². The Balaban J connectivity index is 1.58. The number of benzene rings is 1. The van der Waals surface area contributed by atoms with Gasteiger partial charge in [-0.1, -0.05) is 0 Å². The number of anilines is 1. The molecule has 5 rings (SSSR count). The summed E-state index contributed by atoms with van der Waals surface area (Å²) in [6.07, 6.45) is 5.24. The molecule has 164 valence electrons. The number of piperidine rings is 1. The number of amides is 1. The van der Waals surface area contributed by atoms with Crippen LogP contribution in [0.5, 0.6) is 11.5 Å². The van der Waals surface area contributed by atoms with Crippen LogP contribution in [0.4, 0.5) is 14.5 Å². The van der Waals surface area contributed by atoms with Gasteiger partial charge in [0.2, 0.25) is 5.91 Å². The molecule has 31 heavy (non-hydrogen) atoms. The maximum atomic E-state index is 15.1. The van der Waals surface area contributed by atoms with Gasteiger partial charge in [-0.2, -0.15) is 0 Å². The van der Waals surface area contributed by atoms with Crippen molar-refractivity contribution in [2.24, 2.45) is 0 Å². The second-order valence-electron chi connectivity index (χ2n) is 8.54. The molecule has 3 heterocycles. The number of nitrogens with one attached hydrogen (secondary N) is 1. The minimum absolute atomic E-state index is 0.0519. The fourth-order valence-electron chi connectivity index (χ4n) is 4.91. The standard InChI is InChI=1S/C23H25F2N3O3/c1-30-17-9-18(31-2)20(25)21(19(17)24)28-12-14-11-27-16(13-4-3-7-26-10-13)8-15(14)23(5-6-23)22(28)29/h8-9,11,13,26H,3-7,10,12H2,1-2H3. The molecule has 1 atom stereocenters. The number of carbonyl (C=O) groups excluding carboxylic acids is 1. The van der Waals surface area contributed by atoms with E-state index in [0.29, 0.717) is 18.8 Å². The third-order valence-corrected chi connectivity index (χ3v) is 6.79. The Morgan fingerprint density at radius 1 is 1.16 bits per heavy atom. The van der Waals surface area contributed by atoms with Crippen molar-refractivity contribution in [1.29, 1.82) is 0 Å². The highest BCUT2D eigenvalue weighted by atomic mass is 19.1. The average Bonchev–Trinajstić information content (AvgIpc) is 3.60. The Morgan fingerprint density at radius 2 is 1.87 bits per heavy atom. The van der Waals surface area contributed by atoms with Gasteiger partial charge in [-0.05, 0) is 49.4 Å². The molecule has 8 heteroatoms. The number of methoxy groups -OCH3 is 2. The summed E-state index contributed by atoms with van der Waals surface area (Å²) in [5, 5.41) is 3.40. The monoisotopic (exact) mass is 429 g/mol. The van der Waals surface area contributed by atoms with E-state index in [0.717, 1.165) is 48.8 Å². The first kappa shape index (κ1) is 20.2. The Bertz CT molecular complexity index is 1020. The first-order chi connectivity index (χ1) is 15.0. The third kappa shape index (κ3) is 3.07. The lowest BCUT2D eigenvalue weighted by atomic mass is 9.84. The fourth-order valence-corrected chi connectivity index (χ4v) is 4.91. The lowest BCUT2D eigenvalue weighted by Crippen LogP contribution is -2.45. The number of nitrogens with zero attached hydrogens (tertiary/aromatic N) is 2. The third-order valence-electron chi connectivity index (χ3n) is 6.79. The van der Waals surface area contributed by atoms with E-state index in [9.17, 15) is 4.79 Å². The Hall–Kier alpha value is -2.74. The van der Waals surface area contributed by atoms with Crippen LogP contribution in [0.1, 0.15) is 48.4 Å². The van der Waals surface area contributed by atoms with Crippen LogP contribution in [-0.2, 0) is 16.8 Å². The summed E-state index contributed by atoms with van der Waals surface area (Å²) in [6.45, 7) is 1.94. The van der Waals surface area contributed by atoms with E-state index in [1.807, 2.05) is 6.07 Å². The average molecular weight is 429 g/mol. The van der Waals surface area contributed by atoms with E-state index in [1.165, 1.54) is 19.1 Å². The smallest absolute Gasteiger partial charge is 0.238 e. The molecule has 2 fully saturated rings. The van der Waals surface area contributed by atoms with Crippen molar-refractivity contribution < 1.29 is 23.0 Å². The molecule has 0 bridgehead atoms. The predicted molar refractivity (Wildman–Crippen MR) is 111 cm³/mol. The SMILES string of the molecule is COc1cc(OC)c(F)c(N2Cc3cnc(C4CCCNC4)cc3C3(CC3)C2=O)c1F. The summed E-state index contributed by atoms with van der Waals surface area (Å²) in [5.74, 6) is -2.13. The quantitative estimate of drug-likeness (QED) is 0.807. The molecule has 1 aromatic carbocycles. The highest BCUT2D eigenvalue weighted by Crippen LogP contribution is 2.55. The molecule has 1 spiro atoms. The molecule has 2 aliphatic heterocycles. The topological polar surface area (TPSA) is 63.7 Å². The van der Waals surface area contributed by atoms with Crippen molar-refractivity contribution in [3.63, 3.8) is 0 Å². The van der Waals surface area contributed by atoms with Gasteiger partial charge in [0.1, 0.15) is 5.69 Å². The maximum absolute atomic E-state index is 15.1. The number of halogens is 2. The van der Waals surface area contributed by atoms with Crippen molar-refractivity contribution in [3.8, 4) is 11.5 Å². The zero-order valence-corrected chi connectivity index (χ0v) is 17.6. The molecule has 6 nitrogen and oxygen atoms in total. The summed E-state index contributed by atoms with van der Waals surface area (Å²) < 4.78 is 40.4. The first-order valence-electron chi connectivity index (χ1n) is 10.6. The zero-order chi connectivity index (χ0) is 21.8. The molecule has 1 unspecified atom stereocenters. The number of fused-ring (bicyclic) bond motifs is 2. The highest BCUT2D eigenvalue weighted by Gasteiger charge is 2.57. The van der Waals surface area contributed by atoms with Gasteiger partial charge in [0.25, 0.3) is 0 Å². The van der Waals surface area contributed by atoms with Crippen molar-refractivity contribution in [1.82, 2.24) is 10.3 Å². The summed E-state index contributed by atoms with van der Waals surface area (Å²) in [7, 11) is 2.58. The second-order valence-corrected chi connectivity index (χ2v) is 8.54. The van der Waals surface area contributed by atoms with Gasteiger partial charge >= 0.3 is 0 Å². The van der Waals surface area contributed by atoms with Gasteiger partial charge in [-0.3, -0.25) is 9.78 Å². The Labute approximate surface area is 179 Å². The summed E-state index contributed by atoms with van der Waals surface area (Å²) in [5.41, 5.74) is 1.60. The van der Waals surface area contributed by atoms with E-state index < -0.39 is 22.7 Å². The van der Waals surface area contributed by atoms with E-state index in [4.69, 9.17) is 9.47 Å². The minimum atomic E-state index is -0.911. The number of carbonyl (C=O) groups is 1. The molecule has 1 aromatic heterocycles. The molecule has 2 aromatic rings. The van der Waals surface area contributed by atoms with E-state index >= 15 is 8.78 Å². The van der Waals surface area contributed by atoms with Crippen LogP contribution >= 0.6 is 0 Å². The van der Waals surface area contributed by atoms with E-state index in [-0.39, 0.29) is 24.0 Å². The number of aromatic nitrogens is 1. The normalized spacial score (nSPS) is 21.7. The highest BCUT2D eigenvalue weighted by molar-refractivity contribution is 6.05. The molecule has 1 aliphatic carbocycles. The predicted octanol–water partition coefficient (Wildman–Crippen LogP) is 3.42. The van der Waals surface area contributed by atoms with Gasteiger partial charge in [0, 0.05) is 30.4 Å². The Morgan fingerprint density at radius 3 is 2.45 bits per heavy atom. The van der Waals surface area contributed by atoms with Crippen LogP contribution in [0, 0.1) is 11.6 Å².